The van der Waals surface area contributed by atoms with E-state index in [9.17, 15) is 30.0 Å². The SMILES string of the molecule is CC[C@H]1OC(=O)C[C@@H](O)[C@H](C)C(SO[C@@H]2OC(C)[C@@H](O)C(N(C)C)C2O)[C@@H](CCn2cc(CC(C)C)nn2)C[C@@H](C)C(=O)/C=C/C(C)=C/[C@@H]1CO[C@@H]1OC(C)[C@@H](O)[C@H](OC)C1OC. The predicted molar refractivity (Wildman–Crippen MR) is 236 cm³/mol. The van der Waals surface area contributed by atoms with Crippen molar-refractivity contribution in [2.75, 3.05) is 34.9 Å². The van der Waals surface area contributed by atoms with Gasteiger partial charge in [-0.1, -0.05) is 57.6 Å². The minimum Gasteiger partial charge on any atom is -0.462 e. The zero-order valence-corrected chi connectivity index (χ0v) is 40.1. The molecule has 4 rings (SSSR count). The Labute approximate surface area is 378 Å². The van der Waals surface area contributed by atoms with Gasteiger partial charge in [-0.15, -0.1) is 5.10 Å². The molecule has 3 aliphatic rings. The van der Waals surface area contributed by atoms with Crippen LogP contribution in [0.5, 0.6) is 0 Å². The van der Waals surface area contributed by atoms with Crippen LogP contribution in [0, 0.1) is 29.6 Å². The smallest absolute Gasteiger partial charge is 0.308 e. The maximum atomic E-state index is 13.9. The summed E-state index contributed by atoms with van der Waals surface area (Å²) in [6, 6.07) is -0.671. The number of ether oxygens (including phenoxy) is 6. The number of cyclic esters (lactones) is 1. The number of methoxy groups -OCH3 is 2. The van der Waals surface area contributed by atoms with Crippen molar-refractivity contribution in [1.29, 1.82) is 0 Å². The monoisotopic (exact) mass is 913 g/mol. The molecule has 360 valence electrons. The number of aromatic nitrogens is 3. The molecule has 0 aliphatic carbocycles. The summed E-state index contributed by atoms with van der Waals surface area (Å²) in [6.45, 7) is 15.6. The van der Waals surface area contributed by atoms with Gasteiger partial charge in [0.15, 0.2) is 18.4 Å². The zero-order valence-electron chi connectivity index (χ0n) is 39.3. The van der Waals surface area contributed by atoms with Gasteiger partial charge in [-0.25, -0.2) is 0 Å². The average molecular weight is 913 g/mol. The van der Waals surface area contributed by atoms with Crippen LogP contribution in [0.1, 0.15) is 86.8 Å². The molecule has 1 aromatic heterocycles. The van der Waals surface area contributed by atoms with Crippen molar-refractivity contribution in [2.45, 2.75) is 173 Å². The minimum absolute atomic E-state index is 0.0337. The molecule has 17 nitrogen and oxygen atoms in total. The highest BCUT2D eigenvalue weighted by molar-refractivity contribution is 7.95. The first kappa shape index (κ1) is 53.3. The Morgan fingerprint density at radius 2 is 1.62 bits per heavy atom. The van der Waals surface area contributed by atoms with Crippen LogP contribution in [-0.4, -0.2) is 166 Å². The summed E-state index contributed by atoms with van der Waals surface area (Å²) in [5.74, 6) is -2.13. The fraction of sp³-hybridized carbons (Fsp3) is 0.822. The number of aliphatic hydroxyl groups excluding tert-OH is 4. The second kappa shape index (κ2) is 25.0. The van der Waals surface area contributed by atoms with E-state index in [1.807, 2.05) is 40.0 Å². The second-order valence-electron chi connectivity index (χ2n) is 18.4. The van der Waals surface area contributed by atoms with Crippen molar-refractivity contribution in [1.82, 2.24) is 19.9 Å². The molecule has 17 atom stereocenters. The third-order valence-electron chi connectivity index (χ3n) is 12.6. The van der Waals surface area contributed by atoms with E-state index in [1.165, 1.54) is 14.2 Å². The van der Waals surface area contributed by atoms with Crippen molar-refractivity contribution in [3.63, 3.8) is 0 Å². The number of carbonyl (C=O) groups is 2. The summed E-state index contributed by atoms with van der Waals surface area (Å²) in [4.78, 5) is 29.5. The van der Waals surface area contributed by atoms with Crippen LogP contribution in [0.2, 0.25) is 0 Å². The maximum Gasteiger partial charge on any atom is 0.308 e. The number of hydrogen-bond donors (Lipinski definition) is 4. The van der Waals surface area contributed by atoms with Gasteiger partial charge in [0.05, 0.1) is 49.2 Å². The summed E-state index contributed by atoms with van der Waals surface area (Å²) >= 11 is 1.05. The molecule has 4 N–H and O–H groups in total. The summed E-state index contributed by atoms with van der Waals surface area (Å²) in [5.41, 5.74) is 1.62. The van der Waals surface area contributed by atoms with Crippen LogP contribution in [0.15, 0.2) is 30.0 Å². The van der Waals surface area contributed by atoms with Crippen LogP contribution in [0.25, 0.3) is 0 Å². The molecule has 0 radical (unpaired) electrons. The minimum atomic E-state index is -1.21. The highest BCUT2D eigenvalue weighted by Gasteiger charge is 2.47. The molecule has 6 unspecified atom stereocenters. The molecular formula is C45H76N4O13S. The number of hydrogen-bond acceptors (Lipinski definition) is 17. The molecule has 0 saturated carbocycles. The Bertz CT molecular complexity index is 1630. The highest BCUT2D eigenvalue weighted by Crippen LogP contribution is 2.39. The molecule has 3 aliphatic heterocycles. The van der Waals surface area contributed by atoms with E-state index in [2.05, 4.69) is 24.2 Å². The van der Waals surface area contributed by atoms with Gasteiger partial charge in [0, 0.05) is 44.0 Å². The Morgan fingerprint density at radius 3 is 2.25 bits per heavy atom. The fourth-order valence-electron chi connectivity index (χ4n) is 8.81. The number of likely N-dealkylation sites (N-methyl/N-ethyl adjacent to an activating group) is 1. The molecular weight excluding hydrogens is 837 g/mol. The molecule has 0 aromatic carbocycles. The quantitative estimate of drug-likeness (QED) is 0.146. The Hall–Kier alpha value is -2.33. The first-order valence-corrected chi connectivity index (χ1v) is 23.3. The van der Waals surface area contributed by atoms with Crippen LogP contribution in [0.3, 0.4) is 0 Å². The van der Waals surface area contributed by atoms with Crippen molar-refractivity contribution < 1.29 is 62.6 Å². The van der Waals surface area contributed by atoms with Gasteiger partial charge in [-0.3, -0.25) is 18.5 Å². The number of rotatable bonds is 15. The summed E-state index contributed by atoms with van der Waals surface area (Å²) in [6.07, 6.45) is -0.817. The zero-order chi connectivity index (χ0) is 46.7. The van der Waals surface area contributed by atoms with Gasteiger partial charge in [-0.2, -0.15) is 0 Å². The number of nitrogens with zero attached hydrogens (tertiary/aromatic N) is 4. The highest BCUT2D eigenvalue weighted by atomic mass is 32.2. The Balaban J connectivity index is 1.67. The summed E-state index contributed by atoms with van der Waals surface area (Å²) in [7, 11) is 6.49. The van der Waals surface area contributed by atoms with E-state index < -0.39 is 103 Å². The van der Waals surface area contributed by atoms with Crippen LogP contribution >= 0.6 is 12.0 Å². The van der Waals surface area contributed by atoms with E-state index in [-0.39, 0.29) is 24.7 Å². The lowest BCUT2D eigenvalue weighted by atomic mass is 9.81. The topological polar surface area (TPSA) is 214 Å². The lowest BCUT2D eigenvalue weighted by Crippen LogP contribution is -2.62. The second-order valence-corrected chi connectivity index (χ2v) is 19.3. The van der Waals surface area contributed by atoms with Crippen molar-refractivity contribution in [2.24, 2.45) is 29.6 Å². The van der Waals surface area contributed by atoms with Gasteiger partial charge < -0.3 is 53.7 Å². The van der Waals surface area contributed by atoms with Gasteiger partial charge >= 0.3 is 5.97 Å². The standard InChI is InChI=1S/C45H76N4O13S/c1-13-35-31(23-58-45-42(57-12)41(56-11)39(54)29(8)60-45)19-25(4)14-15-33(50)26(5)20-30(16-17-49-22-32(46-47-49)18-24(2)3)43(27(6)34(51)21-36(52)61-35)63-62-44-40(55)37(48(9)10)38(53)28(7)59-44/h14-15,19,22,24,26-31,34-35,37-45,51,53-55H,13,16-18,20-21,23H2,1-12H3/b15-14+,25-19+/t26-,27+,28?,29?,30+,31-,34-,35-,37?,38-,39-,40?,41+,42?,43?,44+,45-/m1/s1. The van der Waals surface area contributed by atoms with E-state index >= 15 is 0 Å². The van der Waals surface area contributed by atoms with Crippen molar-refractivity contribution in [3.05, 3.63) is 35.7 Å². The summed E-state index contributed by atoms with van der Waals surface area (Å²) in [5, 5.41) is 53.0. The lowest BCUT2D eigenvalue weighted by molar-refractivity contribution is -0.304. The van der Waals surface area contributed by atoms with Gasteiger partial charge in [0.1, 0.15) is 30.5 Å². The normalized spacial score (nSPS) is 39.3. The third kappa shape index (κ3) is 14.6. The van der Waals surface area contributed by atoms with Crippen molar-refractivity contribution >= 4 is 23.8 Å². The number of aliphatic hydroxyl groups is 4. The molecule has 2 fully saturated rings. The first-order valence-electron chi connectivity index (χ1n) is 22.5. The number of carbonyl (C=O) groups excluding carboxylic acids is 2. The third-order valence-corrected chi connectivity index (χ3v) is 13.9. The Kier molecular flexibility index (Phi) is 21.1. The molecule has 1 aromatic rings. The number of ketones is 1. The maximum absolute atomic E-state index is 13.9. The molecule has 18 heteroatoms. The molecule has 0 spiro atoms. The van der Waals surface area contributed by atoms with Gasteiger partial charge in [0.25, 0.3) is 0 Å². The van der Waals surface area contributed by atoms with Gasteiger partial charge in [0.2, 0.25) is 0 Å². The molecule has 2 saturated heterocycles. The van der Waals surface area contributed by atoms with Crippen LogP contribution in [-0.2, 0) is 55.2 Å². The van der Waals surface area contributed by atoms with Gasteiger partial charge in [-0.05, 0) is 96.4 Å². The molecule has 4 heterocycles. The summed E-state index contributed by atoms with van der Waals surface area (Å²) < 4.78 is 43.7. The molecule has 63 heavy (non-hydrogen) atoms. The van der Waals surface area contributed by atoms with E-state index in [4.69, 9.17) is 32.6 Å². The molecule has 0 amide bonds. The number of allylic oxidation sites excluding steroid dienone is 3. The van der Waals surface area contributed by atoms with Crippen LogP contribution in [0.4, 0.5) is 0 Å². The number of esters is 1. The van der Waals surface area contributed by atoms with Crippen molar-refractivity contribution in [3.8, 4) is 0 Å². The predicted octanol–water partition coefficient (Wildman–Crippen LogP) is 3.50. The first-order chi connectivity index (χ1) is 29.8. The largest absolute Gasteiger partial charge is 0.462 e. The van der Waals surface area contributed by atoms with E-state index in [0.717, 1.165) is 29.7 Å². The lowest BCUT2D eigenvalue weighted by Gasteiger charge is -2.44. The van der Waals surface area contributed by atoms with Crippen LogP contribution < -0.4 is 0 Å². The van der Waals surface area contributed by atoms with E-state index in [1.54, 1.807) is 49.7 Å². The number of aryl methyl sites for hydroxylation is 1. The fourth-order valence-corrected chi connectivity index (χ4v) is 9.96. The van der Waals surface area contributed by atoms with E-state index in [0.29, 0.717) is 31.7 Å². The molecule has 0 bridgehead atoms. The average Bonchev–Trinajstić information content (AvgIpc) is 3.67. The Morgan fingerprint density at radius 1 is 0.952 bits per heavy atom.